The highest BCUT2D eigenvalue weighted by Gasteiger charge is 1.99. The third kappa shape index (κ3) is 10.5. The van der Waals surface area contributed by atoms with Gasteiger partial charge in [-0.15, -0.1) is 11.8 Å². The highest BCUT2D eigenvalue weighted by Crippen LogP contribution is 2.18. The minimum absolute atomic E-state index is 0.597. The van der Waals surface area contributed by atoms with Gasteiger partial charge in [-0.1, -0.05) is 51.5 Å². The number of rotatable bonds is 6. The van der Waals surface area contributed by atoms with Crippen LogP contribution in [0, 0.1) is 18.3 Å². The predicted molar refractivity (Wildman–Crippen MR) is 120 cm³/mol. The average Bonchev–Trinajstić information content (AvgIpc) is 2.70. The molecule has 146 valence electrons. The van der Waals surface area contributed by atoms with Gasteiger partial charge in [0.15, 0.2) is 0 Å². The summed E-state index contributed by atoms with van der Waals surface area (Å²) in [7, 11) is 0. The second-order valence-corrected chi connectivity index (χ2v) is 6.97. The second kappa shape index (κ2) is 14.9. The summed E-state index contributed by atoms with van der Waals surface area (Å²) in [5.41, 5.74) is 11.1. The number of anilines is 1. The van der Waals surface area contributed by atoms with Gasteiger partial charge in [-0.3, -0.25) is 0 Å². The maximum atomic E-state index is 8.54. The Morgan fingerprint density at radius 1 is 1.26 bits per heavy atom. The molecular weight excluding hydrogens is 350 g/mol. The van der Waals surface area contributed by atoms with E-state index in [1.54, 1.807) is 24.0 Å². The van der Waals surface area contributed by atoms with Crippen LogP contribution in [0.25, 0.3) is 0 Å². The van der Waals surface area contributed by atoms with Crippen LogP contribution in [0.5, 0.6) is 0 Å². The van der Waals surface area contributed by atoms with E-state index in [1.807, 2.05) is 45.0 Å². The van der Waals surface area contributed by atoms with Crippen LogP contribution in [-0.2, 0) is 6.42 Å². The van der Waals surface area contributed by atoms with E-state index >= 15 is 0 Å². The maximum absolute atomic E-state index is 8.54. The van der Waals surface area contributed by atoms with E-state index < -0.39 is 0 Å². The highest BCUT2D eigenvalue weighted by atomic mass is 32.2. The van der Waals surface area contributed by atoms with Crippen LogP contribution in [0.3, 0.4) is 0 Å². The van der Waals surface area contributed by atoms with Gasteiger partial charge in [0.25, 0.3) is 0 Å². The molecule has 0 fully saturated rings. The minimum Gasteiger partial charge on any atom is -0.399 e. The van der Waals surface area contributed by atoms with E-state index in [1.165, 1.54) is 24.0 Å². The molecule has 1 heterocycles. The number of pyridine rings is 1. The number of nitrogens with zero attached hydrogens (tertiary/aromatic N) is 2. The number of nitriles is 1. The monoisotopic (exact) mass is 383 g/mol. The van der Waals surface area contributed by atoms with Crippen molar-refractivity contribution in [2.45, 2.75) is 58.9 Å². The summed E-state index contributed by atoms with van der Waals surface area (Å²) in [5, 5.41) is 9.47. The molecule has 27 heavy (non-hydrogen) atoms. The first kappa shape index (κ1) is 24.8. The zero-order chi connectivity index (χ0) is 20.7. The minimum atomic E-state index is 0.597. The van der Waals surface area contributed by atoms with Crippen molar-refractivity contribution in [3.05, 3.63) is 65.4 Å². The fourth-order valence-electron chi connectivity index (χ4n) is 2.07. The summed E-state index contributed by atoms with van der Waals surface area (Å²) < 4.78 is 0. The first-order valence-electron chi connectivity index (χ1n) is 9.45. The molecule has 2 N–H and O–H groups in total. The summed E-state index contributed by atoms with van der Waals surface area (Å²) in [6.45, 7) is 14.1. The number of unbranched alkanes of at least 4 members (excludes halogenated alkanes) is 1. The largest absolute Gasteiger partial charge is 0.399 e. The molecule has 0 saturated carbocycles. The van der Waals surface area contributed by atoms with Crippen molar-refractivity contribution >= 4 is 17.4 Å². The Labute approximate surface area is 169 Å². The molecule has 1 aromatic heterocycles. The molecule has 2 aromatic rings. The van der Waals surface area contributed by atoms with Crippen molar-refractivity contribution in [2.24, 2.45) is 0 Å². The summed E-state index contributed by atoms with van der Waals surface area (Å²) >= 11 is 1.63. The van der Waals surface area contributed by atoms with Crippen molar-refractivity contribution in [3.63, 3.8) is 0 Å². The van der Waals surface area contributed by atoms with Crippen molar-refractivity contribution in [3.8, 4) is 6.07 Å². The lowest BCUT2D eigenvalue weighted by molar-refractivity contribution is 0.791. The third-order valence-electron chi connectivity index (χ3n) is 3.62. The van der Waals surface area contributed by atoms with E-state index in [2.05, 4.69) is 31.5 Å². The molecule has 0 aliphatic carbocycles. The molecule has 2 rings (SSSR count). The first-order chi connectivity index (χ1) is 13.0. The van der Waals surface area contributed by atoms with Gasteiger partial charge >= 0.3 is 0 Å². The highest BCUT2D eigenvalue weighted by molar-refractivity contribution is 7.99. The van der Waals surface area contributed by atoms with Crippen molar-refractivity contribution < 1.29 is 0 Å². The molecular formula is C23H33N3S. The van der Waals surface area contributed by atoms with Gasteiger partial charge in [-0.25, -0.2) is 4.98 Å². The molecule has 3 nitrogen and oxygen atoms in total. The van der Waals surface area contributed by atoms with Gasteiger partial charge in [-0.2, -0.15) is 5.26 Å². The number of nitrogen functional groups attached to an aromatic ring is 1. The number of nitrogens with two attached hydrogens (primary N) is 1. The van der Waals surface area contributed by atoms with Gasteiger partial charge < -0.3 is 5.73 Å². The van der Waals surface area contributed by atoms with Gasteiger partial charge in [0.2, 0.25) is 0 Å². The molecule has 0 radical (unpaired) electrons. The molecule has 0 unspecified atom stereocenters. The summed E-state index contributed by atoms with van der Waals surface area (Å²) in [6.07, 6.45) is 5.24. The van der Waals surface area contributed by atoms with Crippen LogP contribution in [0.2, 0.25) is 0 Å². The Morgan fingerprint density at radius 3 is 2.48 bits per heavy atom. The van der Waals surface area contributed by atoms with E-state index in [0.29, 0.717) is 5.56 Å². The molecule has 0 spiro atoms. The van der Waals surface area contributed by atoms with Crippen molar-refractivity contribution in [2.75, 3.05) is 11.5 Å². The Hall–Kier alpha value is -2.25. The zero-order valence-corrected chi connectivity index (χ0v) is 18.2. The third-order valence-corrected chi connectivity index (χ3v) is 4.79. The smallest absolute Gasteiger partial charge is 0.101 e. The standard InChI is InChI=1S/C11H17N.C10H10N2S.C2H6/c1-3-4-6-10-7-5-8-11(12)9(10)2;1-8(2)7-13-10-4-3-9(5-11)6-12-10;1-2/h5,7-8H,3-4,6,12H2,1-2H3;3-4,6H,1,7H2,2H3;1-2H3. The molecule has 0 aliphatic heterocycles. The lowest BCUT2D eigenvalue weighted by Crippen LogP contribution is -1.95. The lowest BCUT2D eigenvalue weighted by Gasteiger charge is -2.06. The fourth-order valence-corrected chi connectivity index (χ4v) is 2.76. The van der Waals surface area contributed by atoms with Crippen LogP contribution in [0.1, 0.15) is 57.2 Å². The molecule has 1 aromatic carbocycles. The number of thioether (sulfide) groups is 1. The van der Waals surface area contributed by atoms with Crippen molar-refractivity contribution in [1.82, 2.24) is 4.98 Å². The van der Waals surface area contributed by atoms with Crippen LogP contribution in [0.15, 0.2) is 53.7 Å². The second-order valence-electron chi connectivity index (χ2n) is 5.98. The Bertz CT molecular complexity index is 715. The Balaban J connectivity index is 0.000000460. The molecule has 0 atom stereocenters. The van der Waals surface area contributed by atoms with E-state index in [0.717, 1.165) is 28.5 Å². The van der Waals surface area contributed by atoms with Gasteiger partial charge in [0, 0.05) is 17.6 Å². The molecule has 0 bridgehead atoms. The van der Waals surface area contributed by atoms with Crippen LogP contribution in [-0.4, -0.2) is 10.7 Å². The summed E-state index contributed by atoms with van der Waals surface area (Å²) in [6, 6.07) is 11.8. The van der Waals surface area contributed by atoms with Gasteiger partial charge in [-0.05, 0) is 56.0 Å². The summed E-state index contributed by atoms with van der Waals surface area (Å²) in [5.74, 6) is 0.874. The number of benzene rings is 1. The van der Waals surface area contributed by atoms with Crippen LogP contribution < -0.4 is 5.73 Å². The quantitative estimate of drug-likeness (QED) is 0.348. The van der Waals surface area contributed by atoms with Crippen LogP contribution >= 0.6 is 11.8 Å². The zero-order valence-electron chi connectivity index (χ0n) is 17.4. The number of aromatic nitrogens is 1. The number of hydrogen-bond donors (Lipinski definition) is 1. The van der Waals surface area contributed by atoms with Gasteiger partial charge in [0.05, 0.1) is 10.6 Å². The van der Waals surface area contributed by atoms with Crippen LogP contribution in [0.4, 0.5) is 5.69 Å². The van der Waals surface area contributed by atoms with Crippen molar-refractivity contribution in [1.29, 1.82) is 5.26 Å². The molecule has 0 saturated heterocycles. The van der Waals surface area contributed by atoms with E-state index in [-0.39, 0.29) is 0 Å². The fraction of sp³-hybridized carbons (Fsp3) is 0.391. The molecule has 0 aliphatic rings. The Kier molecular flexibility index (Phi) is 13.6. The Morgan fingerprint density at radius 2 is 1.96 bits per heavy atom. The molecule has 0 amide bonds. The normalized spacial score (nSPS) is 9.19. The van der Waals surface area contributed by atoms with E-state index in [4.69, 9.17) is 11.0 Å². The summed E-state index contributed by atoms with van der Waals surface area (Å²) in [4.78, 5) is 4.12. The van der Waals surface area contributed by atoms with Gasteiger partial charge in [0.1, 0.15) is 6.07 Å². The average molecular weight is 384 g/mol. The number of aryl methyl sites for hydroxylation is 1. The topological polar surface area (TPSA) is 62.7 Å². The number of hydrogen-bond acceptors (Lipinski definition) is 4. The molecule has 4 heteroatoms. The SMILES string of the molecule is C=C(C)CSc1ccc(C#N)cn1.CC.CCCCc1cccc(N)c1C. The lowest BCUT2D eigenvalue weighted by atomic mass is 10.0. The first-order valence-corrected chi connectivity index (χ1v) is 10.4. The maximum Gasteiger partial charge on any atom is 0.101 e. The van der Waals surface area contributed by atoms with E-state index in [9.17, 15) is 0 Å². The predicted octanol–water partition coefficient (Wildman–Crippen LogP) is 6.57.